The van der Waals surface area contributed by atoms with Gasteiger partial charge in [-0.05, 0) is 51.2 Å². The Kier molecular flexibility index (Phi) is 11.9. The SMILES string of the molecule is CCCNCCCCCC(C)CCCN. The first-order valence-electron chi connectivity index (χ1n) is 6.72. The summed E-state index contributed by atoms with van der Waals surface area (Å²) < 4.78 is 0. The van der Waals surface area contributed by atoms with Crippen LogP contribution in [0.4, 0.5) is 0 Å². The van der Waals surface area contributed by atoms with E-state index in [0.29, 0.717) is 0 Å². The summed E-state index contributed by atoms with van der Waals surface area (Å²) in [6.45, 7) is 7.79. The predicted octanol–water partition coefficient (Wildman–Crippen LogP) is 2.92. The van der Waals surface area contributed by atoms with Crippen molar-refractivity contribution in [3.8, 4) is 0 Å². The summed E-state index contributed by atoms with van der Waals surface area (Å²) in [6.07, 6.45) is 9.24. The fourth-order valence-corrected chi connectivity index (χ4v) is 1.83. The van der Waals surface area contributed by atoms with Crippen molar-refractivity contribution in [1.29, 1.82) is 0 Å². The highest BCUT2D eigenvalue weighted by molar-refractivity contribution is 4.55. The van der Waals surface area contributed by atoms with Crippen molar-refractivity contribution >= 4 is 0 Å². The first kappa shape index (κ1) is 14.9. The molecule has 0 rings (SSSR count). The lowest BCUT2D eigenvalue weighted by Crippen LogP contribution is -2.15. The van der Waals surface area contributed by atoms with Gasteiger partial charge >= 0.3 is 0 Å². The van der Waals surface area contributed by atoms with Crippen molar-refractivity contribution < 1.29 is 0 Å². The fourth-order valence-electron chi connectivity index (χ4n) is 1.83. The molecule has 0 aliphatic heterocycles. The standard InChI is InChI=1S/C13H30N2/c1-3-11-15-12-6-4-5-8-13(2)9-7-10-14/h13,15H,3-12,14H2,1-2H3. The highest BCUT2D eigenvalue weighted by Gasteiger charge is 2.00. The Morgan fingerprint density at radius 1 is 1.00 bits per heavy atom. The van der Waals surface area contributed by atoms with E-state index >= 15 is 0 Å². The molecule has 0 saturated carbocycles. The Morgan fingerprint density at radius 3 is 2.40 bits per heavy atom. The Morgan fingerprint density at radius 2 is 1.73 bits per heavy atom. The van der Waals surface area contributed by atoms with Crippen molar-refractivity contribution in [2.75, 3.05) is 19.6 Å². The molecule has 0 aromatic rings. The van der Waals surface area contributed by atoms with Crippen LogP contribution in [0, 0.1) is 5.92 Å². The molecule has 1 unspecified atom stereocenters. The predicted molar refractivity (Wildman–Crippen MR) is 69.1 cm³/mol. The van der Waals surface area contributed by atoms with E-state index in [2.05, 4.69) is 19.2 Å². The number of nitrogens with two attached hydrogens (primary N) is 1. The van der Waals surface area contributed by atoms with Crippen LogP contribution in [0.25, 0.3) is 0 Å². The van der Waals surface area contributed by atoms with Crippen LogP contribution >= 0.6 is 0 Å². The van der Waals surface area contributed by atoms with Crippen LogP contribution in [0.3, 0.4) is 0 Å². The maximum absolute atomic E-state index is 5.49. The zero-order valence-corrected chi connectivity index (χ0v) is 10.7. The lowest BCUT2D eigenvalue weighted by atomic mass is 9.98. The summed E-state index contributed by atoms with van der Waals surface area (Å²) in [5, 5.41) is 3.44. The zero-order chi connectivity index (χ0) is 11.4. The number of hydrogen-bond acceptors (Lipinski definition) is 2. The molecule has 0 bridgehead atoms. The van der Waals surface area contributed by atoms with Gasteiger partial charge in [0.25, 0.3) is 0 Å². The number of hydrogen-bond donors (Lipinski definition) is 2. The van der Waals surface area contributed by atoms with Gasteiger partial charge in [-0.3, -0.25) is 0 Å². The third-order valence-electron chi connectivity index (χ3n) is 2.88. The molecular formula is C13H30N2. The third-order valence-corrected chi connectivity index (χ3v) is 2.88. The van der Waals surface area contributed by atoms with E-state index < -0.39 is 0 Å². The molecule has 92 valence electrons. The molecular weight excluding hydrogens is 184 g/mol. The van der Waals surface area contributed by atoms with Crippen LogP contribution in [0.1, 0.15) is 58.8 Å². The average Bonchev–Trinajstić information content (AvgIpc) is 2.25. The van der Waals surface area contributed by atoms with Crippen LogP contribution in [0.2, 0.25) is 0 Å². The molecule has 0 amide bonds. The van der Waals surface area contributed by atoms with Gasteiger partial charge in [0, 0.05) is 0 Å². The van der Waals surface area contributed by atoms with Crippen molar-refractivity contribution in [3.05, 3.63) is 0 Å². The maximum Gasteiger partial charge on any atom is -0.00489 e. The van der Waals surface area contributed by atoms with Gasteiger partial charge in [0.1, 0.15) is 0 Å². The first-order chi connectivity index (χ1) is 7.31. The minimum Gasteiger partial charge on any atom is -0.330 e. The normalized spacial score (nSPS) is 13.0. The molecule has 0 heterocycles. The van der Waals surface area contributed by atoms with Gasteiger partial charge in [-0.25, -0.2) is 0 Å². The number of rotatable bonds is 11. The summed E-state index contributed by atoms with van der Waals surface area (Å²) >= 11 is 0. The molecule has 1 atom stereocenters. The molecule has 0 aliphatic rings. The smallest absolute Gasteiger partial charge is 0.00489 e. The van der Waals surface area contributed by atoms with E-state index in [1.807, 2.05) is 0 Å². The largest absolute Gasteiger partial charge is 0.330 e. The Balaban J connectivity index is 3.02. The zero-order valence-electron chi connectivity index (χ0n) is 10.7. The minimum absolute atomic E-state index is 0.852. The lowest BCUT2D eigenvalue weighted by Gasteiger charge is -2.10. The van der Waals surface area contributed by atoms with Gasteiger partial charge in [0.15, 0.2) is 0 Å². The van der Waals surface area contributed by atoms with Gasteiger partial charge in [-0.15, -0.1) is 0 Å². The molecule has 0 radical (unpaired) electrons. The second-order valence-electron chi connectivity index (χ2n) is 4.64. The monoisotopic (exact) mass is 214 g/mol. The average molecular weight is 214 g/mol. The van der Waals surface area contributed by atoms with Crippen LogP contribution in [-0.2, 0) is 0 Å². The van der Waals surface area contributed by atoms with Gasteiger partial charge in [-0.2, -0.15) is 0 Å². The molecule has 15 heavy (non-hydrogen) atoms. The molecule has 0 saturated heterocycles. The van der Waals surface area contributed by atoms with Gasteiger partial charge in [0.2, 0.25) is 0 Å². The highest BCUT2D eigenvalue weighted by atomic mass is 14.8. The van der Waals surface area contributed by atoms with E-state index in [-0.39, 0.29) is 0 Å². The molecule has 0 fully saturated rings. The second-order valence-corrected chi connectivity index (χ2v) is 4.64. The summed E-state index contributed by atoms with van der Waals surface area (Å²) in [5.41, 5.74) is 5.49. The molecule has 2 heteroatoms. The van der Waals surface area contributed by atoms with Crippen LogP contribution in [-0.4, -0.2) is 19.6 Å². The van der Waals surface area contributed by atoms with Crippen molar-refractivity contribution in [1.82, 2.24) is 5.32 Å². The fraction of sp³-hybridized carbons (Fsp3) is 1.00. The van der Waals surface area contributed by atoms with E-state index in [0.717, 1.165) is 12.5 Å². The topological polar surface area (TPSA) is 38.0 Å². The highest BCUT2D eigenvalue weighted by Crippen LogP contribution is 2.13. The lowest BCUT2D eigenvalue weighted by molar-refractivity contribution is 0.448. The van der Waals surface area contributed by atoms with E-state index in [4.69, 9.17) is 5.73 Å². The molecule has 0 aromatic carbocycles. The number of unbranched alkanes of at least 4 members (excludes halogenated alkanes) is 2. The minimum atomic E-state index is 0.852. The van der Waals surface area contributed by atoms with Crippen molar-refractivity contribution in [2.45, 2.75) is 58.8 Å². The quantitative estimate of drug-likeness (QED) is 0.519. The van der Waals surface area contributed by atoms with Gasteiger partial charge in [-0.1, -0.05) is 33.1 Å². The molecule has 0 spiro atoms. The van der Waals surface area contributed by atoms with Crippen LogP contribution < -0.4 is 11.1 Å². The second kappa shape index (κ2) is 12.0. The molecule has 3 N–H and O–H groups in total. The van der Waals surface area contributed by atoms with E-state index in [1.165, 1.54) is 58.0 Å². The Bertz CT molecular complexity index is 115. The van der Waals surface area contributed by atoms with Crippen molar-refractivity contribution in [2.24, 2.45) is 11.7 Å². The maximum atomic E-state index is 5.49. The molecule has 0 aliphatic carbocycles. The van der Waals surface area contributed by atoms with Crippen LogP contribution in [0.5, 0.6) is 0 Å². The third kappa shape index (κ3) is 11.8. The van der Waals surface area contributed by atoms with Crippen molar-refractivity contribution in [3.63, 3.8) is 0 Å². The number of nitrogens with one attached hydrogen (secondary N) is 1. The summed E-state index contributed by atoms with van der Waals surface area (Å²) in [4.78, 5) is 0. The Labute approximate surface area is 96.0 Å². The summed E-state index contributed by atoms with van der Waals surface area (Å²) in [6, 6.07) is 0. The first-order valence-corrected chi connectivity index (χ1v) is 6.72. The van der Waals surface area contributed by atoms with Gasteiger partial charge < -0.3 is 11.1 Å². The van der Waals surface area contributed by atoms with Gasteiger partial charge in [0.05, 0.1) is 0 Å². The van der Waals surface area contributed by atoms with E-state index in [1.54, 1.807) is 0 Å². The summed E-state index contributed by atoms with van der Waals surface area (Å²) in [5.74, 6) is 0.872. The summed E-state index contributed by atoms with van der Waals surface area (Å²) in [7, 11) is 0. The molecule has 0 aromatic heterocycles. The Hall–Kier alpha value is -0.0800. The van der Waals surface area contributed by atoms with E-state index in [9.17, 15) is 0 Å². The van der Waals surface area contributed by atoms with Crippen LogP contribution in [0.15, 0.2) is 0 Å². The molecule has 2 nitrogen and oxygen atoms in total.